The minimum atomic E-state index is -0.291. The summed E-state index contributed by atoms with van der Waals surface area (Å²) in [5.74, 6) is -0.291. The lowest BCUT2D eigenvalue weighted by Gasteiger charge is -2.38. The number of hydrogen-bond donors (Lipinski definition) is 1. The van der Waals surface area contributed by atoms with Gasteiger partial charge in [0.2, 0.25) is 0 Å². The maximum atomic E-state index is 14.3. The highest BCUT2D eigenvalue weighted by molar-refractivity contribution is 6.31. The summed E-state index contributed by atoms with van der Waals surface area (Å²) in [5.41, 5.74) is 8.89. The minimum Gasteiger partial charge on any atom is -0.363 e. The average molecular weight is 305 g/mol. The van der Waals surface area contributed by atoms with E-state index in [1.165, 1.54) is 11.6 Å². The third-order valence-corrected chi connectivity index (χ3v) is 4.41. The Hall–Kier alpha value is -1.58. The monoisotopic (exact) mass is 304 g/mol. The minimum absolute atomic E-state index is 0.236. The molecular weight excluding hydrogens is 287 g/mol. The van der Waals surface area contributed by atoms with E-state index in [9.17, 15) is 4.39 Å². The van der Waals surface area contributed by atoms with Gasteiger partial charge in [0.05, 0.1) is 6.04 Å². The fraction of sp³-hybridized carbons (Fsp3) is 0.294. The Bertz CT molecular complexity index is 624. The molecule has 0 fully saturated rings. The second kappa shape index (κ2) is 6.04. The van der Waals surface area contributed by atoms with E-state index in [4.69, 9.17) is 17.3 Å². The van der Waals surface area contributed by atoms with Gasteiger partial charge in [-0.3, -0.25) is 0 Å². The summed E-state index contributed by atoms with van der Waals surface area (Å²) in [6.07, 6.45) is 2.09. The van der Waals surface area contributed by atoms with Gasteiger partial charge in [-0.2, -0.15) is 0 Å². The van der Waals surface area contributed by atoms with Gasteiger partial charge in [-0.1, -0.05) is 35.9 Å². The van der Waals surface area contributed by atoms with Crippen LogP contribution in [0, 0.1) is 5.82 Å². The molecule has 1 aliphatic rings. The predicted octanol–water partition coefficient (Wildman–Crippen LogP) is 3.93. The standard InChI is InChI=1S/C17H18ClFN2/c18-13-7-3-8-14(19)17(13)16(11-20)21-10-4-6-12-5-1-2-9-15(12)21/h1-3,5,7-9,16H,4,6,10-11,20H2. The van der Waals surface area contributed by atoms with Crippen molar-refractivity contribution in [2.45, 2.75) is 18.9 Å². The Morgan fingerprint density at radius 1 is 1.19 bits per heavy atom. The molecule has 2 aromatic carbocycles. The van der Waals surface area contributed by atoms with E-state index in [0.717, 1.165) is 25.1 Å². The van der Waals surface area contributed by atoms with E-state index in [1.54, 1.807) is 12.1 Å². The summed E-state index contributed by atoms with van der Waals surface area (Å²) in [5, 5.41) is 0.438. The smallest absolute Gasteiger partial charge is 0.130 e. The van der Waals surface area contributed by atoms with E-state index in [0.29, 0.717) is 17.1 Å². The molecule has 0 amide bonds. The van der Waals surface area contributed by atoms with Crippen LogP contribution in [0.4, 0.5) is 10.1 Å². The molecule has 1 heterocycles. The summed E-state index contributed by atoms with van der Waals surface area (Å²) in [6, 6.07) is 12.8. The molecule has 1 unspecified atom stereocenters. The van der Waals surface area contributed by atoms with Gasteiger partial charge in [0, 0.05) is 29.4 Å². The maximum Gasteiger partial charge on any atom is 0.130 e. The van der Waals surface area contributed by atoms with Crippen LogP contribution in [0.1, 0.15) is 23.6 Å². The topological polar surface area (TPSA) is 29.3 Å². The van der Waals surface area contributed by atoms with Crippen LogP contribution in [0.2, 0.25) is 5.02 Å². The molecule has 1 atom stereocenters. The second-order valence-electron chi connectivity index (χ2n) is 5.31. The van der Waals surface area contributed by atoms with Crippen molar-refractivity contribution in [1.82, 2.24) is 0 Å². The van der Waals surface area contributed by atoms with Crippen LogP contribution in [0.5, 0.6) is 0 Å². The molecule has 2 aromatic rings. The number of para-hydroxylation sites is 1. The molecule has 1 aliphatic heterocycles. The summed E-state index contributed by atoms with van der Waals surface area (Å²) in [6.45, 7) is 1.19. The Morgan fingerprint density at radius 2 is 2.00 bits per heavy atom. The number of halogens is 2. The lowest BCUT2D eigenvalue weighted by molar-refractivity contribution is 0.542. The zero-order chi connectivity index (χ0) is 14.8. The summed E-state index contributed by atoms with van der Waals surface area (Å²) < 4.78 is 14.3. The lowest BCUT2D eigenvalue weighted by atomic mass is 9.96. The molecule has 4 heteroatoms. The van der Waals surface area contributed by atoms with Crippen LogP contribution in [-0.2, 0) is 6.42 Å². The van der Waals surface area contributed by atoms with Gasteiger partial charge in [0.25, 0.3) is 0 Å². The van der Waals surface area contributed by atoms with E-state index >= 15 is 0 Å². The molecular formula is C17H18ClFN2. The van der Waals surface area contributed by atoms with E-state index in [-0.39, 0.29) is 11.9 Å². The number of hydrogen-bond acceptors (Lipinski definition) is 2. The molecule has 0 spiro atoms. The highest BCUT2D eigenvalue weighted by Crippen LogP contribution is 2.36. The van der Waals surface area contributed by atoms with Crippen LogP contribution in [-0.4, -0.2) is 13.1 Å². The molecule has 21 heavy (non-hydrogen) atoms. The molecule has 0 aromatic heterocycles. The van der Waals surface area contributed by atoms with Crippen molar-refractivity contribution in [1.29, 1.82) is 0 Å². The van der Waals surface area contributed by atoms with Crippen molar-refractivity contribution in [3.63, 3.8) is 0 Å². The number of nitrogens with two attached hydrogens (primary N) is 1. The van der Waals surface area contributed by atoms with Crippen molar-refractivity contribution in [2.24, 2.45) is 5.73 Å². The van der Waals surface area contributed by atoms with Crippen molar-refractivity contribution in [2.75, 3.05) is 18.0 Å². The van der Waals surface area contributed by atoms with Gasteiger partial charge >= 0.3 is 0 Å². The average Bonchev–Trinajstić information content (AvgIpc) is 2.51. The first kappa shape index (κ1) is 14.4. The number of nitrogens with zero attached hydrogens (tertiary/aromatic N) is 1. The Balaban J connectivity index is 2.06. The van der Waals surface area contributed by atoms with E-state index in [2.05, 4.69) is 17.0 Å². The first-order chi connectivity index (χ1) is 10.2. The largest absolute Gasteiger partial charge is 0.363 e. The second-order valence-corrected chi connectivity index (χ2v) is 5.72. The van der Waals surface area contributed by atoms with E-state index < -0.39 is 0 Å². The first-order valence-corrected chi connectivity index (χ1v) is 7.58. The molecule has 2 nitrogen and oxygen atoms in total. The molecule has 0 saturated carbocycles. The van der Waals surface area contributed by atoms with Crippen LogP contribution >= 0.6 is 11.6 Å². The Labute approximate surface area is 129 Å². The number of rotatable bonds is 3. The molecule has 3 rings (SSSR count). The third-order valence-electron chi connectivity index (χ3n) is 4.08. The zero-order valence-corrected chi connectivity index (χ0v) is 12.5. The maximum absolute atomic E-state index is 14.3. The van der Waals surface area contributed by atoms with Gasteiger partial charge in [-0.15, -0.1) is 0 Å². The Morgan fingerprint density at radius 3 is 2.76 bits per heavy atom. The van der Waals surface area contributed by atoms with Crippen LogP contribution in [0.25, 0.3) is 0 Å². The predicted molar refractivity (Wildman–Crippen MR) is 85.3 cm³/mol. The normalized spacial score (nSPS) is 15.7. The molecule has 0 bridgehead atoms. The lowest BCUT2D eigenvalue weighted by Crippen LogP contribution is -2.38. The highest BCUT2D eigenvalue weighted by atomic mass is 35.5. The molecule has 0 radical (unpaired) electrons. The van der Waals surface area contributed by atoms with Crippen LogP contribution in [0.15, 0.2) is 42.5 Å². The summed E-state index contributed by atoms with van der Waals surface area (Å²) >= 11 is 6.23. The van der Waals surface area contributed by atoms with Crippen molar-refractivity contribution < 1.29 is 4.39 Å². The Kier molecular flexibility index (Phi) is 4.13. The molecule has 110 valence electrons. The van der Waals surface area contributed by atoms with Gasteiger partial charge in [0.1, 0.15) is 5.82 Å². The number of aryl methyl sites for hydroxylation is 1. The zero-order valence-electron chi connectivity index (χ0n) is 11.7. The number of anilines is 1. The van der Waals surface area contributed by atoms with Crippen molar-refractivity contribution in [3.8, 4) is 0 Å². The van der Waals surface area contributed by atoms with Gasteiger partial charge in [-0.25, -0.2) is 4.39 Å². The third kappa shape index (κ3) is 2.63. The van der Waals surface area contributed by atoms with Crippen LogP contribution in [0.3, 0.4) is 0 Å². The van der Waals surface area contributed by atoms with Crippen molar-refractivity contribution >= 4 is 17.3 Å². The fourth-order valence-corrected chi connectivity index (χ4v) is 3.41. The van der Waals surface area contributed by atoms with Gasteiger partial charge in [-0.05, 0) is 36.6 Å². The highest BCUT2D eigenvalue weighted by Gasteiger charge is 2.27. The quantitative estimate of drug-likeness (QED) is 0.931. The summed E-state index contributed by atoms with van der Waals surface area (Å²) in [4.78, 5) is 2.18. The molecule has 2 N–H and O–H groups in total. The SMILES string of the molecule is NCC(c1c(F)cccc1Cl)N1CCCc2ccccc21. The first-order valence-electron chi connectivity index (χ1n) is 7.21. The van der Waals surface area contributed by atoms with Crippen LogP contribution < -0.4 is 10.6 Å². The van der Waals surface area contributed by atoms with E-state index in [1.807, 2.05) is 12.1 Å². The summed E-state index contributed by atoms with van der Waals surface area (Å²) in [7, 11) is 0. The van der Waals surface area contributed by atoms with Crippen molar-refractivity contribution in [3.05, 3.63) is 64.4 Å². The molecule has 0 saturated heterocycles. The number of fused-ring (bicyclic) bond motifs is 1. The van der Waals surface area contributed by atoms with Gasteiger partial charge in [0.15, 0.2) is 0 Å². The number of benzene rings is 2. The molecule has 0 aliphatic carbocycles. The van der Waals surface area contributed by atoms with Gasteiger partial charge < -0.3 is 10.6 Å². The fourth-order valence-electron chi connectivity index (χ4n) is 3.12.